The summed E-state index contributed by atoms with van der Waals surface area (Å²) in [6.07, 6.45) is 2.14. The first kappa shape index (κ1) is 11.0. The van der Waals surface area contributed by atoms with Crippen LogP contribution < -0.4 is 11.1 Å². The first-order chi connectivity index (χ1) is 6.67. The van der Waals surface area contributed by atoms with E-state index in [9.17, 15) is 0 Å². The molecule has 1 atom stereocenters. The van der Waals surface area contributed by atoms with E-state index in [4.69, 9.17) is 22.4 Å². The van der Waals surface area contributed by atoms with Crippen LogP contribution in [0.2, 0.25) is 5.15 Å². The average molecular weight is 217 g/mol. The van der Waals surface area contributed by atoms with E-state index in [1.165, 1.54) is 6.20 Å². The van der Waals surface area contributed by atoms with E-state index < -0.39 is 0 Å². The van der Waals surface area contributed by atoms with Crippen LogP contribution in [-0.4, -0.2) is 27.7 Å². The number of anilines is 2. The molecule has 0 saturated heterocycles. The summed E-state index contributed by atoms with van der Waals surface area (Å²) in [6, 6.07) is -0.0786. The van der Waals surface area contributed by atoms with Crippen molar-refractivity contribution < 1.29 is 5.11 Å². The van der Waals surface area contributed by atoms with Crippen LogP contribution in [0.5, 0.6) is 0 Å². The normalized spacial score (nSPS) is 12.5. The molecule has 0 amide bonds. The number of aliphatic hydroxyl groups excluding tert-OH is 1. The zero-order valence-corrected chi connectivity index (χ0v) is 8.62. The maximum Gasteiger partial charge on any atom is 0.170 e. The Kier molecular flexibility index (Phi) is 3.91. The van der Waals surface area contributed by atoms with Gasteiger partial charge in [-0.05, 0) is 6.42 Å². The SMILES string of the molecule is CC[C@H](CO)Nc1nc(Cl)cnc1N. The van der Waals surface area contributed by atoms with Gasteiger partial charge in [0.1, 0.15) is 5.15 Å². The maximum atomic E-state index is 8.96. The molecule has 1 aromatic rings. The van der Waals surface area contributed by atoms with Crippen LogP contribution in [0.25, 0.3) is 0 Å². The summed E-state index contributed by atoms with van der Waals surface area (Å²) in [5.74, 6) is 0.694. The number of aromatic nitrogens is 2. The summed E-state index contributed by atoms with van der Waals surface area (Å²) >= 11 is 5.65. The van der Waals surface area contributed by atoms with Crippen molar-refractivity contribution in [1.29, 1.82) is 0 Å². The lowest BCUT2D eigenvalue weighted by atomic mass is 10.2. The highest BCUT2D eigenvalue weighted by Crippen LogP contribution is 2.16. The third kappa shape index (κ3) is 2.71. The van der Waals surface area contributed by atoms with Crippen LogP contribution in [0.4, 0.5) is 11.6 Å². The number of aliphatic hydroxyl groups is 1. The Bertz CT molecular complexity index is 303. The fourth-order valence-corrected chi connectivity index (χ4v) is 1.09. The minimum absolute atomic E-state index is 0.0180. The largest absolute Gasteiger partial charge is 0.394 e. The van der Waals surface area contributed by atoms with Crippen LogP contribution in [0, 0.1) is 0 Å². The lowest BCUT2D eigenvalue weighted by molar-refractivity contribution is 0.271. The second-order valence-electron chi connectivity index (χ2n) is 2.86. The van der Waals surface area contributed by atoms with Crippen molar-refractivity contribution >= 4 is 23.2 Å². The molecule has 14 heavy (non-hydrogen) atoms. The molecule has 0 aliphatic rings. The van der Waals surface area contributed by atoms with Crippen molar-refractivity contribution in [1.82, 2.24) is 9.97 Å². The zero-order chi connectivity index (χ0) is 10.6. The molecule has 1 heterocycles. The van der Waals surface area contributed by atoms with E-state index in [0.29, 0.717) is 5.82 Å². The van der Waals surface area contributed by atoms with Crippen LogP contribution in [0.1, 0.15) is 13.3 Å². The van der Waals surface area contributed by atoms with Crippen molar-refractivity contribution in [3.8, 4) is 0 Å². The first-order valence-corrected chi connectivity index (χ1v) is 4.70. The Morgan fingerprint density at radius 3 is 3.00 bits per heavy atom. The summed E-state index contributed by atoms with van der Waals surface area (Å²) in [7, 11) is 0. The van der Waals surface area contributed by atoms with Gasteiger partial charge in [-0.2, -0.15) is 0 Å². The van der Waals surface area contributed by atoms with Crippen LogP contribution >= 0.6 is 11.6 Å². The number of rotatable bonds is 4. The van der Waals surface area contributed by atoms with Crippen LogP contribution in [0.3, 0.4) is 0 Å². The molecule has 0 aliphatic carbocycles. The van der Waals surface area contributed by atoms with Gasteiger partial charge in [-0.15, -0.1) is 0 Å². The van der Waals surface area contributed by atoms with Gasteiger partial charge in [0.05, 0.1) is 18.8 Å². The highest BCUT2D eigenvalue weighted by Gasteiger charge is 2.08. The van der Waals surface area contributed by atoms with Crippen LogP contribution in [-0.2, 0) is 0 Å². The summed E-state index contributed by atoms with van der Waals surface area (Å²) in [4.78, 5) is 7.80. The molecule has 0 bridgehead atoms. The van der Waals surface area contributed by atoms with E-state index in [1.807, 2.05) is 6.92 Å². The van der Waals surface area contributed by atoms with Gasteiger partial charge in [0, 0.05) is 0 Å². The molecule has 4 N–H and O–H groups in total. The lowest BCUT2D eigenvalue weighted by Gasteiger charge is -2.15. The maximum absolute atomic E-state index is 8.96. The fraction of sp³-hybridized carbons (Fsp3) is 0.500. The molecule has 0 radical (unpaired) electrons. The van der Waals surface area contributed by atoms with Crippen molar-refractivity contribution in [3.63, 3.8) is 0 Å². The minimum atomic E-state index is -0.0786. The number of halogens is 1. The number of nitrogens with zero attached hydrogens (tertiary/aromatic N) is 2. The standard InChI is InChI=1S/C8H13ClN4O/c1-2-5(4-14)12-8-7(10)11-3-6(9)13-8/h3,5,14H,2,4H2,1H3,(H2,10,11)(H,12,13)/t5-/m1/s1. The number of nitrogens with two attached hydrogens (primary N) is 1. The Balaban J connectivity index is 2.79. The Morgan fingerprint density at radius 1 is 1.71 bits per heavy atom. The van der Waals surface area contributed by atoms with Gasteiger partial charge < -0.3 is 16.2 Å². The third-order valence-electron chi connectivity index (χ3n) is 1.83. The Morgan fingerprint density at radius 2 is 2.43 bits per heavy atom. The molecule has 0 fully saturated rings. The monoisotopic (exact) mass is 216 g/mol. The Hall–Kier alpha value is -1.07. The van der Waals surface area contributed by atoms with Gasteiger partial charge in [0.15, 0.2) is 11.6 Å². The van der Waals surface area contributed by atoms with Gasteiger partial charge in [-0.25, -0.2) is 9.97 Å². The molecule has 0 aliphatic heterocycles. The van der Waals surface area contributed by atoms with Crippen molar-refractivity contribution in [2.75, 3.05) is 17.7 Å². The van der Waals surface area contributed by atoms with E-state index >= 15 is 0 Å². The van der Waals surface area contributed by atoms with E-state index in [2.05, 4.69) is 15.3 Å². The van der Waals surface area contributed by atoms with Crippen molar-refractivity contribution in [2.24, 2.45) is 0 Å². The number of hydrogen-bond donors (Lipinski definition) is 3. The smallest absolute Gasteiger partial charge is 0.170 e. The highest BCUT2D eigenvalue weighted by molar-refractivity contribution is 6.29. The number of nitrogens with one attached hydrogen (secondary N) is 1. The second-order valence-corrected chi connectivity index (χ2v) is 3.25. The molecular formula is C8H13ClN4O. The molecule has 5 nitrogen and oxygen atoms in total. The van der Waals surface area contributed by atoms with Gasteiger partial charge >= 0.3 is 0 Å². The van der Waals surface area contributed by atoms with E-state index in [-0.39, 0.29) is 23.6 Å². The minimum Gasteiger partial charge on any atom is -0.394 e. The highest BCUT2D eigenvalue weighted by atomic mass is 35.5. The van der Waals surface area contributed by atoms with Crippen molar-refractivity contribution in [3.05, 3.63) is 11.3 Å². The third-order valence-corrected chi connectivity index (χ3v) is 2.01. The van der Waals surface area contributed by atoms with Gasteiger partial charge in [0.25, 0.3) is 0 Å². The Labute approximate surface area is 87.3 Å². The molecule has 0 unspecified atom stereocenters. The van der Waals surface area contributed by atoms with E-state index in [0.717, 1.165) is 6.42 Å². The molecule has 1 rings (SSSR count). The summed E-state index contributed by atoms with van der Waals surface area (Å²) in [6.45, 7) is 1.96. The number of nitrogen functional groups attached to an aromatic ring is 1. The predicted octanol–water partition coefficient (Wildman–Crippen LogP) is 0.895. The molecule has 0 saturated carbocycles. The van der Waals surface area contributed by atoms with E-state index in [1.54, 1.807) is 0 Å². The quantitative estimate of drug-likeness (QED) is 0.696. The zero-order valence-electron chi connectivity index (χ0n) is 7.87. The predicted molar refractivity (Wildman–Crippen MR) is 56.2 cm³/mol. The summed E-state index contributed by atoms with van der Waals surface area (Å²) in [5.41, 5.74) is 5.57. The first-order valence-electron chi connectivity index (χ1n) is 4.32. The average Bonchev–Trinajstić information content (AvgIpc) is 2.19. The van der Waals surface area contributed by atoms with Crippen molar-refractivity contribution in [2.45, 2.75) is 19.4 Å². The molecule has 1 aromatic heterocycles. The lowest BCUT2D eigenvalue weighted by Crippen LogP contribution is -2.24. The number of hydrogen-bond acceptors (Lipinski definition) is 5. The summed E-state index contributed by atoms with van der Waals surface area (Å²) in [5, 5.41) is 12.2. The summed E-state index contributed by atoms with van der Waals surface area (Å²) < 4.78 is 0. The molecular weight excluding hydrogens is 204 g/mol. The molecule has 6 heteroatoms. The molecule has 0 spiro atoms. The molecule has 78 valence electrons. The van der Waals surface area contributed by atoms with Gasteiger partial charge in [-0.1, -0.05) is 18.5 Å². The van der Waals surface area contributed by atoms with Crippen LogP contribution in [0.15, 0.2) is 6.20 Å². The topological polar surface area (TPSA) is 84.1 Å². The molecule has 0 aromatic carbocycles. The van der Waals surface area contributed by atoms with Gasteiger partial charge in [-0.3, -0.25) is 0 Å². The fourth-order valence-electron chi connectivity index (χ4n) is 0.953. The second kappa shape index (κ2) is 4.97. The van der Waals surface area contributed by atoms with Gasteiger partial charge in [0.2, 0.25) is 0 Å².